The van der Waals surface area contributed by atoms with Gasteiger partial charge in [-0.1, -0.05) is 19.9 Å². The van der Waals surface area contributed by atoms with E-state index in [1.807, 2.05) is 39.0 Å². The number of ether oxygens (including phenoxy) is 2. The molecule has 0 saturated carbocycles. The molecule has 1 aromatic heterocycles. The van der Waals surface area contributed by atoms with E-state index >= 15 is 0 Å². The number of nitrogens with one attached hydrogen (secondary N) is 1. The Morgan fingerprint density at radius 3 is 2.81 bits per heavy atom. The molecule has 3 rings (SSSR count). The number of nitrogens with zero attached hydrogens (tertiary/aromatic N) is 2. The maximum Gasteiger partial charge on any atom is 0.255 e. The van der Waals surface area contributed by atoms with E-state index in [0.717, 1.165) is 53.7 Å². The van der Waals surface area contributed by atoms with Gasteiger partial charge in [-0.3, -0.25) is 9.69 Å². The number of benzene rings is 1. The summed E-state index contributed by atoms with van der Waals surface area (Å²) in [6.07, 6.45) is 0.799. The number of aromatic amines is 1. The van der Waals surface area contributed by atoms with Crippen LogP contribution in [0.4, 0.5) is 0 Å². The lowest BCUT2D eigenvalue weighted by Crippen LogP contribution is -2.35. The van der Waals surface area contributed by atoms with Gasteiger partial charge >= 0.3 is 0 Å². The third-order valence-electron chi connectivity index (χ3n) is 4.65. The molecule has 0 unspecified atom stereocenters. The SMILES string of the molecule is CCOc1ccc(CN2CCc3nc(C(C)C)[nH]c(=O)c3C2)cc1OC. The second-order valence-electron chi connectivity index (χ2n) is 6.91. The normalized spacial score (nSPS) is 14.3. The van der Waals surface area contributed by atoms with Crippen LogP contribution in [0.1, 0.15) is 49.3 Å². The molecule has 6 nitrogen and oxygen atoms in total. The highest BCUT2D eigenvalue weighted by molar-refractivity contribution is 5.43. The van der Waals surface area contributed by atoms with E-state index in [0.29, 0.717) is 13.2 Å². The van der Waals surface area contributed by atoms with E-state index in [1.165, 1.54) is 0 Å². The second kappa shape index (κ2) is 7.91. The Balaban J connectivity index is 1.77. The molecular formula is C20H27N3O3. The number of fused-ring (bicyclic) bond motifs is 1. The van der Waals surface area contributed by atoms with Crippen LogP contribution < -0.4 is 15.0 Å². The Kier molecular flexibility index (Phi) is 5.61. The average Bonchev–Trinajstić information content (AvgIpc) is 2.63. The highest BCUT2D eigenvalue weighted by atomic mass is 16.5. The van der Waals surface area contributed by atoms with Gasteiger partial charge in [0.05, 0.1) is 25.0 Å². The first-order valence-corrected chi connectivity index (χ1v) is 9.15. The van der Waals surface area contributed by atoms with Crippen LogP contribution in [0.15, 0.2) is 23.0 Å². The fourth-order valence-electron chi connectivity index (χ4n) is 3.25. The molecule has 2 aromatic rings. The standard InChI is InChI=1S/C20H27N3O3/c1-5-26-17-7-6-14(10-18(17)25-4)11-23-9-8-16-15(12-23)20(24)22-19(21-16)13(2)3/h6-7,10,13H,5,8-9,11-12H2,1-4H3,(H,21,22,24). The van der Waals surface area contributed by atoms with Crippen molar-refractivity contribution in [3.8, 4) is 11.5 Å². The number of methoxy groups -OCH3 is 1. The van der Waals surface area contributed by atoms with Crippen molar-refractivity contribution in [3.63, 3.8) is 0 Å². The molecular weight excluding hydrogens is 330 g/mol. The van der Waals surface area contributed by atoms with Gasteiger partial charge in [0.15, 0.2) is 11.5 Å². The molecule has 26 heavy (non-hydrogen) atoms. The summed E-state index contributed by atoms with van der Waals surface area (Å²) in [5.41, 5.74) is 2.86. The number of hydrogen-bond donors (Lipinski definition) is 1. The quantitative estimate of drug-likeness (QED) is 0.861. The molecule has 0 radical (unpaired) electrons. The molecule has 0 saturated heterocycles. The second-order valence-corrected chi connectivity index (χ2v) is 6.91. The predicted molar refractivity (Wildman–Crippen MR) is 101 cm³/mol. The Morgan fingerprint density at radius 1 is 1.31 bits per heavy atom. The molecule has 0 fully saturated rings. The van der Waals surface area contributed by atoms with Gasteiger partial charge in [0, 0.05) is 32.0 Å². The van der Waals surface area contributed by atoms with E-state index < -0.39 is 0 Å². The summed E-state index contributed by atoms with van der Waals surface area (Å²) in [4.78, 5) is 22.3. The van der Waals surface area contributed by atoms with E-state index in [2.05, 4.69) is 14.9 Å². The molecule has 0 bridgehead atoms. The molecule has 1 aromatic carbocycles. The minimum atomic E-state index is -0.00678. The Bertz CT molecular complexity index is 830. The maximum absolute atomic E-state index is 12.4. The lowest BCUT2D eigenvalue weighted by Gasteiger charge is -2.28. The van der Waals surface area contributed by atoms with Gasteiger partial charge < -0.3 is 14.5 Å². The van der Waals surface area contributed by atoms with Crippen molar-refractivity contribution in [1.29, 1.82) is 0 Å². The Labute approximate surface area is 154 Å². The summed E-state index contributed by atoms with van der Waals surface area (Å²) >= 11 is 0. The molecule has 0 spiro atoms. The molecule has 1 N–H and O–H groups in total. The monoisotopic (exact) mass is 357 g/mol. The fourth-order valence-corrected chi connectivity index (χ4v) is 3.25. The Morgan fingerprint density at radius 2 is 2.12 bits per heavy atom. The first-order valence-electron chi connectivity index (χ1n) is 9.15. The number of aromatic nitrogens is 2. The van der Waals surface area contributed by atoms with Crippen LogP contribution in [-0.4, -0.2) is 35.1 Å². The van der Waals surface area contributed by atoms with Gasteiger partial charge in [-0.05, 0) is 24.6 Å². The topological polar surface area (TPSA) is 67.5 Å². The number of rotatable bonds is 6. The summed E-state index contributed by atoms with van der Waals surface area (Å²) in [7, 11) is 1.65. The number of hydrogen-bond acceptors (Lipinski definition) is 5. The van der Waals surface area contributed by atoms with E-state index in [4.69, 9.17) is 9.47 Å². The largest absolute Gasteiger partial charge is 0.493 e. The van der Waals surface area contributed by atoms with Crippen LogP contribution in [0.2, 0.25) is 0 Å². The highest BCUT2D eigenvalue weighted by Crippen LogP contribution is 2.29. The minimum Gasteiger partial charge on any atom is -0.493 e. The third-order valence-corrected chi connectivity index (χ3v) is 4.65. The third kappa shape index (κ3) is 3.90. The summed E-state index contributed by atoms with van der Waals surface area (Å²) in [6, 6.07) is 6.00. The highest BCUT2D eigenvalue weighted by Gasteiger charge is 2.22. The zero-order chi connectivity index (χ0) is 18.7. The van der Waals surface area contributed by atoms with Crippen LogP contribution in [0.5, 0.6) is 11.5 Å². The minimum absolute atomic E-state index is 0.00678. The molecule has 0 atom stereocenters. The van der Waals surface area contributed by atoms with Crippen molar-refractivity contribution in [2.45, 2.75) is 46.2 Å². The lowest BCUT2D eigenvalue weighted by molar-refractivity contribution is 0.240. The summed E-state index contributed by atoms with van der Waals surface area (Å²) in [5.74, 6) is 2.49. The maximum atomic E-state index is 12.4. The number of H-pyrrole nitrogens is 1. The van der Waals surface area contributed by atoms with Crippen molar-refractivity contribution in [2.24, 2.45) is 0 Å². The van der Waals surface area contributed by atoms with Crippen LogP contribution in [0.25, 0.3) is 0 Å². The first kappa shape index (κ1) is 18.5. The molecule has 6 heteroatoms. The Hall–Kier alpha value is -2.34. The molecule has 2 heterocycles. The van der Waals surface area contributed by atoms with Gasteiger partial charge in [0.1, 0.15) is 5.82 Å². The van der Waals surface area contributed by atoms with Crippen LogP contribution >= 0.6 is 0 Å². The van der Waals surface area contributed by atoms with E-state index in [-0.39, 0.29) is 11.5 Å². The van der Waals surface area contributed by atoms with E-state index in [9.17, 15) is 4.79 Å². The molecule has 0 amide bonds. The van der Waals surface area contributed by atoms with Gasteiger partial charge in [0.25, 0.3) is 5.56 Å². The molecule has 1 aliphatic heterocycles. The van der Waals surface area contributed by atoms with E-state index in [1.54, 1.807) is 7.11 Å². The molecule has 140 valence electrons. The van der Waals surface area contributed by atoms with Crippen LogP contribution in [0.3, 0.4) is 0 Å². The van der Waals surface area contributed by atoms with Gasteiger partial charge in [-0.25, -0.2) is 4.98 Å². The van der Waals surface area contributed by atoms with Crippen molar-refractivity contribution in [3.05, 3.63) is 51.2 Å². The predicted octanol–water partition coefficient (Wildman–Crippen LogP) is 2.86. The van der Waals surface area contributed by atoms with Gasteiger partial charge in [-0.2, -0.15) is 0 Å². The summed E-state index contributed by atoms with van der Waals surface area (Å²) in [5, 5.41) is 0. The first-order chi connectivity index (χ1) is 12.5. The fraction of sp³-hybridized carbons (Fsp3) is 0.500. The van der Waals surface area contributed by atoms with Crippen molar-refractivity contribution >= 4 is 0 Å². The van der Waals surface area contributed by atoms with Gasteiger partial charge in [-0.15, -0.1) is 0 Å². The van der Waals surface area contributed by atoms with Crippen molar-refractivity contribution in [2.75, 3.05) is 20.3 Å². The van der Waals surface area contributed by atoms with Crippen LogP contribution in [-0.2, 0) is 19.5 Å². The zero-order valence-electron chi connectivity index (χ0n) is 16.0. The smallest absolute Gasteiger partial charge is 0.255 e. The summed E-state index contributed by atoms with van der Waals surface area (Å²) < 4.78 is 11.0. The lowest BCUT2D eigenvalue weighted by atomic mass is 10.0. The van der Waals surface area contributed by atoms with Crippen molar-refractivity contribution < 1.29 is 9.47 Å². The average molecular weight is 357 g/mol. The zero-order valence-corrected chi connectivity index (χ0v) is 16.0. The van der Waals surface area contributed by atoms with Gasteiger partial charge in [0.2, 0.25) is 0 Å². The van der Waals surface area contributed by atoms with Crippen molar-refractivity contribution in [1.82, 2.24) is 14.9 Å². The van der Waals surface area contributed by atoms with Crippen LogP contribution in [0, 0.1) is 0 Å². The molecule has 1 aliphatic rings. The summed E-state index contributed by atoms with van der Waals surface area (Å²) in [6.45, 7) is 8.90. The molecule has 0 aliphatic carbocycles.